The average Bonchev–Trinajstić information content (AvgIpc) is 2.93. The topological polar surface area (TPSA) is 150 Å². The molecule has 44 heavy (non-hydrogen) atoms. The van der Waals surface area contributed by atoms with Crippen LogP contribution in [-0.4, -0.2) is 50.6 Å². The number of anilines is 2. The normalized spacial score (nSPS) is 12.7. The number of nitrogens with one attached hydrogen (secondary N) is 2. The van der Waals surface area contributed by atoms with Gasteiger partial charge < -0.3 is 25.1 Å². The number of ether oxygens (including phenoxy) is 2. The standard InChI is InChI=1S/C25H21F8N7O4/c26-15-7-13-11(6-14(15)20-35-9-17(19(34)38-20)44-24(29)30)3-5-40(22(13)42)4-1-2-12(10-43-23(27)28)37-16-8-36-39-21(41)18(16)25(31,32)33/h3,5-9,12,23-24H,1-2,4,10H2,(H2,34,35,38)(H2,37,39,41)/t12-/m1/s1. The molecular formula is C25H21F8N7O4. The van der Waals surface area contributed by atoms with Crippen molar-refractivity contribution in [2.45, 2.75) is 44.8 Å². The Morgan fingerprint density at radius 3 is 2.50 bits per heavy atom. The lowest BCUT2D eigenvalue weighted by molar-refractivity contribution is -0.138. The van der Waals surface area contributed by atoms with Gasteiger partial charge in [0.15, 0.2) is 17.4 Å². The van der Waals surface area contributed by atoms with Crippen molar-refractivity contribution in [3.63, 3.8) is 0 Å². The van der Waals surface area contributed by atoms with Crippen molar-refractivity contribution in [1.29, 1.82) is 0 Å². The first kappa shape index (κ1) is 32.1. The number of nitrogens with two attached hydrogens (primary N) is 1. The SMILES string of the molecule is Nc1nc(-c2cc3ccn(CCC[C@H](COC(F)F)Nc4cn[nH]c(=O)c4C(F)(F)F)c(=O)c3cc2F)ncc1OC(F)F. The van der Waals surface area contributed by atoms with Crippen molar-refractivity contribution < 1.29 is 44.6 Å². The number of nitrogen functional groups attached to an aromatic ring is 1. The summed E-state index contributed by atoms with van der Waals surface area (Å²) in [7, 11) is 0. The minimum atomic E-state index is -5.08. The summed E-state index contributed by atoms with van der Waals surface area (Å²) in [5.41, 5.74) is 0.852. The summed E-state index contributed by atoms with van der Waals surface area (Å²) in [5.74, 6) is -2.18. The van der Waals surface area contributed by atoms with E-state index in [1.54, 1.807) is 5.10 Å². The molecule has 4 N–H and O–H groups in total. The van der Waals surface area contributed by atoms with Gasteiger partial charge in [0.2, 0.25) is 0 Å². The van der Waals surface area contributed by atoms with Gasteiger partial charge in [-0.1, -0.05) is 0 Å². The van der Waals surface area contributed by atoms with Crippen molar-refractivity contribution in [3.8, 4) is 17.1 Å². The third-order valence-electron chi connectivity index (χ3n) is 6.18. The van der Waals surface area contributed by atoms with Gasteiger partial charge in [-0.2, -0.15) is 35.8 Å². The fourth-order valence-corrected chi connectivity index (χ4v) is 4.26. The Bertz CT molecular complexity index is 1750. The van der Waals surface area contributed by atoms with E-state index in [4.69, 9.17) is 5.73 Å². The highest BCUT2D eigenvalue weighted by atomic mass is 19.4. The van der Waals surface area contributed by atoms with Gasteiger partial charge in [-0.25, -0.2) is 19.5 Å². The second-order valence-corrected chi connectivity index (χ2v) is 9.12. The van der Waals surface area contributed by atoms with Crippen LogP contribution in [0.15, 0.2) is 46.4 Å². The van der Waals surface area contributed by atoms with Crippen LogP contribution >= 0.6 is 0 Å². The molecule has 3 aromatic heterocycles. The summed E-state index contributed by atoms with van der Waals surface area (Å²) >= 11 is 0. The molecule has 236 valence electrons. The number of fused-ring (bicyclic) bond motifs is 1. The fraction of sp³-hybridized carbons (Fsp3) is 0.320. The van der Waals surface area contributed by atoms with E-state index in [0.717, 1.165) is 12.3 Å². The number of benzene rings is 1. The first-order valence-electron chi connectivity index (χ1n) is 12.5. The summed E-state index contributed by atoms with van der Waals surface area (Å²) in [6.07, 6.45) is -2.25. The molecule has 0 saturated carbocycles. The Morgan fingerprint density at radius 2 is 1.84 bits per heavy atom. The monoisotopic (exact) mass is 635 g/mol. The maximum atomic E-state index is 15.0. The van der Waals surface area contributed by atoms with E-state index in [0.29, 0.717) is 6.20 Å². The van der Waals surface area contributed by atoms with Crippen molar-refractivity contribution in [2.75, 3.05) is 17.7 Å². The van der Waals surface area contributed by atoms with Crippen LogP contribution in [0.2, 0.25) is 0 Å². The Kier molecular flexibility index (Phi) is 9.65. The molecule has 0 amide bonds. The lowest BCUT2D eigenvalue weighted by Gasteiger charge is -2.22. The minimum Gasteiger partial charge on any atom is -0.429 e. The molecule has 4 aromatic rings. The van der Waals surface area contributed by atoms with Crippen LogP contribution in [0.5, 0.6) is 5.75 Å². The second-order valence-electron chi connectivity index (χ2n) is 9.12. The van der Waals surface area contributed by atoms with Crippen molar-refractivity contribution in [1.82, 2.24) is 24.7 Å². The van der Waals surface area contributed by atoms with Gasteiger partial charge in [0.05, 0.1) is 35.6 Å². The highest BCUT2D eigenvalue weighted by Crippen LogP contribution is 2.32. The van der Waals surface area contributed by atoms with Crippen molar-refractivity contribution in [2.24, 2.45) is 0 Å². The van der Waals surface area contributed by atoms with E-state index < -0.39 is 71.8 Å². The lowest BCUT2D eigenvalue weighted by atomic mass is 10.1. The minimum absolute atomic E-state index is 0.0500. The number of halogens is 8. The van der Waals surface area contributed by atoms with Crippen LogP contribution in [-0.2, 0) is 17.5 Å². The molecule has 1 atom stereocenters. The molecule has 0 aliphatic carbocycles. The van der Waals surface area contributed by atoms with Crippen LogP contribution in [0.1, 0.15) is 18.4 Å². The van der Waals surface area contributed by atoms with Gasteiger partial charge in [0, 0.05) is 18.8 Å². The van der Waals surface area contributed by atoms with Crippen LogP contribution in [0.25, 0.3) is 22.2 Å². The van der Waals surface area contributed by atoms with Crippen molar-refractivity contribution >= 4 is 22.3 Å². The molecule has 3 heterocycles. The third-order valence-corrected chi connectivity index (χ3v) is 6.18. The van der Waals surface area contributed by atoms with E-state index in [9.17, 15) is 40.3 Å². The van der Waals surface area contributed by atoms with Crippen molar-refractivity contribution in [3.05, 3.63) is 68.9 Å². The lowest BCUT2D eigenvalue weighted by Crippen LogP contribution is -2.32. The predicted molar refractivity (Wildman–Crippen MR) is 139 cm³/mol. The van der Waals surface area contributed by atoms with E-state index >= 15 is 4.39 Å². The summed E-state index contributed by atoms with van der Waals surface area (Å²) < 4.78 is 115. The summed E-state index contributed by atoms with van der Waals surface area (Å²) in [6.45, 7) is -7.22. The van der Waals surface area contributed by atoms with Gasteiger partial charge in [0.25, 0.3) is 11.1 Å². The summed E-state index contributed by atoms with van der Waals surface area (Å²) in [5, 5.41) is 7.52. The molecule has 0 unspecified atom stereocenters. The van der Waals surface area contributed by atoms with Crippen LogP contribution < -0.4 is 26.9 Å². The number of hydrogen-bond acceptors (Lipinski definition) is 9. The summed E-state index contributed by atoms with van der Waals surface area (Å²) in [4.78, 5) is 32.3. The molecule has 0 fully saturated rings. The van der Waals surface area contributed by atoms with Crippen LogP contribution in [0, 0.1) is 5.82 Å². The third kappa shape index (κ3) is 7.57. The van der Waals surface area contributed by atoms with E-state index in [2.05, 4.69) is 29.9 Å². The van der Waals surface area contributed by atoms with Gasteiger partial charge >= 0.3 is 19.4 Å². The van der Waals surface area contributed by atoms with E-state index in [1.807, 2.05) is 0 Å². The van der Waals surface area contributed by atoms with Gasteiger partial charge in [-0.05, 0) is 36.4 Å². The Morgan fingerprint density at radius 1 is 1.09 bits per heavy atom. The zero-order valence-electron chi connectivity index (χ0n) is 22.0. The number of alkyl halides is 7. The van der Waals surface area contributed by atoms with E-state index in [-0.39, 0.29) is 41.5 Å². The zero-order valence-corrected chi connectivity index (χ0v) is 22.0. The molecular weight excluding hydrogens is 614 g/mol. The predicted octanol–water partition coefficient (Wildman–Crippen LogP) is 4.38. The Balaban J connectivity index is 1.53. The highest BCUT2D eigenvalue weighted by molar-refractivity contribution is 5.86. The fourth-order valence-electron chi connectivity index (χ4n) is 4.26. The molecule has 1 aromatic carbocycles. The molecule has 0 spiro atoms. The van der Waals surface area contributed by atoms with Crippen LogP contribution in [0.4, 0.5) is 46.6 Å². The number of aryl methyl sites for hydroxylation is 1. The number of H-pyrrole nitrogens is 1. The molecule has 19 heteroatoms. The smallest absolute Gasteiger partial charge is 0.423 e. The molecule has 0 aliphatic rings. The Labute approximate surface area is 240 Å². The molecule has 0 saturated heterocycles. The maximum Gasteiger partial charge on any atom is 0.423 e. The second kappa shape index (κ2) is 13.2. The van der Waals surface area contributed by atoms with Gasteiger partial charge in [-0.3, -0.25) is 9.59 Å². The molecule has 4 rings (SSSR count). The zero-order chi connectivity index (χ0) is 32.2. The number of pyridine rings is 1. The quantitative estimate of drug-likeness (QED) is 0.193. The first-order valence-corrected chi connectivity index (χ1v) is 12.5. The van der Waals surface area contributed by atoms with Gasteiger partial charge in [0.1, 0.15) is 11.4 Å². The Hall–Kier alpha value is -4.81. The molecule has 0 radical (unpaired) electrons. The highest BCUT2D eigenvalue weighted by Gasteiger charge is 2.37. The van der Waals surface area contributed by atoms with Crippen LogP contribution in [0.3, 0.4) is 0 Å². The largest absolute Gasteiger partial charge is 0.429 e. The molecule has 11 nitrogen and oxygen atoms in total. The number of rotatable bonds is 12. The number of aromatic amines is 1. The number of hydrogen-bond donors (Lipinski definition) is 3. The van der Waals surface area contributed by atoms with Gasteiger partial charge in [-0.15, -0.1) is 0 Å². The van der Waals surface area contributed by atoms with E-state index in [1.165, 1.54) is 22.9 Å². The molecule has 0 bridgehead atoms. The number of aromatic nitrogens is 5. The maximum absolute atomic E-state index is 15.0. The molecule has 0 aliphatic heterocycles. The number of nitrogens with zero attached hydrogens (tertiary/aromatic N) is 4. The summed E-state index contributed by atoms with van der Waals surface area (Å²) in [6, 6.07) is 2.44. The first-order chi connectivity index (χ1) is 20.7. The average molecular weight is 635 g/mol.